The van der Waals surface area contributed by atoms with Crippen molar-refractivity contribution in [3.05, 3.63) is 0 Å². The van der Waals surface area contributed by atoms with Gasteiger partial charge < -0.3 is 9.84 Å². The van der Waals surface area contributed by atoms with Gasteiger partial charge in [0.2, 0.25) is 0 Å². The molecule has 1 N–H and O–H groups in total. The Morgan fingerprint density at radius 1 is 1.27 bits per heavy atom. The first-order chi connectivity index (χ1) is 7.24. The molecule has 15 heavy (non-hydrogen) atoms. The van der Waals surface area contributed by atoms with Crippen LogP contribution >= 0.6 is 0 Å². The Kier molecular flexibility index (Phi) is 4.00. The van der Waals surface area contributed by atoms with E-state index in [1.54, 1.807) is 0 Å². The van der Waals surface area contributed by atoms with E-state index in [9.17, 15) is 0 Å². The number of aliphatic hydroxyl groups is 1. The highest BCUT2D eigenvalue weighted by Gasteiger charge is 2.33. The number of fused-ring (bicyclic) bond motifs is 2. The Labute approximate surface area is 92.4 Å². The summed E-state index contributed by atoms with van der Waals surface area (Å²) in [5.41, 5.74) is 0. The van der Waals surface area contributed by atoms with Crippen LogP contribution in [-0.4, -0.2) is 48.0 Å². The summed E-state index contributed by atoms with van der Waals surface area (Å²) in [5.74, 6) is 0. The first-order valence-electron chi connectivity index (χ1n) is 6.30. The van der Waals surface area contributed by atoms with Crippen LogP contribution in [0, 0.1) is 0 Å². The molecular formula is C12H23NO2. The van der Waals surface area contributed by atoms with Crippen LogP contribution in [0.2, 0.25) is 0 Å². The number of morpholine rings is 1. The third kappa shape index (κ3) is 3.44. The van der Waals surface area contributed by atoms with Gasteiger partial charge in [0.1, 0.15) is 0 Å². The number of nitrogens with zero attached hydrogens (tertiary/aromatic N) is 1. The molecule has 0 radical (unpaired) electrons. The van der Waals surface area contributed by atoms with Gasteiger partial charge >= 0.3 is 0 Å². The Balaban J connectivity index is 1.59. The molecule has 2 fully saturated rings. The van der Waals surface area contributed by atoms with Gasteiger partial charge in [-0.2, -0.15) is 0 Å². The Hall–Kier alpha value is -0.120. The SMILES string of the molecule is CC(O)CCCCN1CC2CCC(C1)O2. The standard InChI is InChI=1S/C12H23NO2/c1-10(14)4-2-3-7-13-8-11-5-6-12(9-13)15-11/h10-12,14H,2-9H2,1H3. The van der Waals surface area contributed by atoms with Crippen molar-refractivity contribution in [1.29, 1.82) is 0 Å². The third-order valence-corrected chi connectivity index (χ3v) is 3.47. The fourth-order valence-corrected chi connectivity index (χ4v) is 2.66. The molecule has 0 aromatic heterocycles. The molecule has 3 atom stereocenters. The molecule has 3 heteroatoms. The predicted octanol–water partition coefficient (Wildman–Crippen LogP) is 1.40. The summed E-state index contributed by atoms with van der Waals surface area (Å²) in [6, 6.07) is 0. The van der Waals surface area contributed by atoms with Crippen LogP contribution in [0.15, 0.2) is 0 Å². The maximum Gasteiger partial charge on any atom is 0.0707 e. The van der Waals surface area contributed by atoms with E-state index < -0.39 is 0 Å². The maximum absolute atomic E-state index is 9.15. The van der Waals surface area contributed by atoms with Gasteiger partial charge in [-0.05, 0) is 45.6 Å². The lowest BCUT2D eigenvalue weighted by atomic mass is 10.1. The average Bonchev–Trinajstić information content (AvgIpc) is 2.53. The van der Waals surface area contributed by atoms with E-state index >= 15 is 0 Å². The number of aliphatic hydroxyl groups excluding tert-OH is 1. The summed E-state index contributed by atoms with van der Waals surface area (Å²) in [6.07, 6.45) is 6.71. The van der Waals surface area contributed by atoms with Crippen molar-refractivity contribution in [2.75, 3.05) is 19.6 Å². The highest BCUT2D eigenvalue weighted by atomic mass is 16.5. The molecule has 2 rings (SSSR count). The van der Waals surface area contributed by atoms with Gasteiger partial charge in [0, 0.05) is 13.1 Å². The van der Waals surface area contributed by atoms with Crippen LogP contribution in [0.25, 0.3) is 0 Å². The first-order valence-corrected chi connectivity index (χ1v) is 6.30. The summed E-state index contributed by atoms with van der Waals surface area (Å²) in [6.45, 7) is 5.31. The zero-order chi connectivity index (χ0) is 10.7. The van der Waals surface area contributed by atoms with Crippen LogP contribution in [0.4, 0.5) is 0 Å². The lowest BCUT2D eigenvalue weighted by molar-refractivity contribution is -0.0387. The number of likely N-dealkylation sites (tertiary alicyclic amines) is 1. The summed E-state index contributed by atoms with van der Waals surface area (Å²) in [7, 11) is 0. The highest BCUT2D eigenvalue weighted by molar-refractivity contribution is 4.84. The number of ether oxygens (including phenoxy) is 1. The molecule has 0 aromatic carbocycles. The summed E-state index contributed by atoms with van der Waals surface area (Å²) in [4.78, 5) is 2.54. The molecule has 2 saturated heterocycles. The van der Waals surface area contributed by atoms with Crippen LogP contribution in [0.1, 0.15) is 39.0 Å². The van der Waals surface area contributed by atoms with Crippen LogP contribution in [0.3, 0.4) is 0 Å². The zero-order valence-electron chi connectivity index (χ0n) is 9.69. The molecule has 2 aliphatic heterocycles. The maximum atomic E-state index is 9.15. The minimum absolute atomic E-state index is 0.133. The fraction of sp³-hybridized carbons (Fsp3) is 1.00. The van der Waals surface area contributed by atoms with Crippen molar-refractivity contribution < 1.29 is 9.84 Å². The fourth-order valence-electron chi connectivity index (χ4n) is 2.66. The molecule has 3 nitrogen and oxygen atoms in total. The molecule has 0 aliphatic carbocycles. The molecule has 0 aromatic rings. The van der Waals surface area contributed by atoms with E-state index in [2.05, 4.69) is 4.90 Å². The summed E-state index contributed by atoms with van der Waals surface area (Å²) in [5, 5.41) is 9.15. The quantitative estimate of drug-likeness (QED) is 0.701. The Bertz CT molecular complexity index is 184. The largest absolute Gasteiger partial charge is 0.393 e. The molecule has 3 unspecified atom stereocenters. The first kappa shape index (κ1) is 11.4. The second-order valence-corrected chi connectivity index (χ2v) is 5.06. The van der Waals surface area contributed by atoms with E-state index in [0.717, 1.165) is 25.9 Å². The van der Waals surface area contributed by atoms with Crippen molar-refractivity contribution in [3.63, 3.8) is 0 Å². The van der Waals surface area contributed by atoms with Crippen LogP contribution < -0.4 is 0 Å². The third-order valence-electron chi connectivity index (χ3n) is 3.47. The topological polar surface area (TPSA) is 32.7 Å². The number of rotatable bonds is 5. The molecule has 88 valence electrons. The van der Waals surface area contributed by atoms with Crippen molar-refractivity contribution >= 4 is 0 Å². The molecule has 0 amide bonds. The smallest absolute Gasteiger partial charge is 0.0707 e. The summed E-state index contributed by atoms with van der Waals surface area (Å²) < 4.78 is 5.79. The average molecular weight is 213 g/mol. The molecule has 2 heterocycles. The van der Waals surface area contributed by atoms with Crippen molar-refractivity contribution in [1.82, 2.24) is 4.90 Å². The van der Waals surface area contributed by atoms with Crippen molar-refractivity contribution in [2.24, 2.45) is 0 Å². The van der Waals surface area contributed by atoms with Crippen LogP contribution in [0.5, 0.6) is 0 Å². The Morgan fingerprint density at radius 2 is 1.93 bits per heavy atom. The van der Waals surface area contributed by atoms with E-state index in [0.29, 0.717) is 12.2 Å². The molecular weight excluding hydrogens is 190 g/mol. The van der Waals surface area contributed by atoms with E-state index in [1.807, 2.05) is 6.92 Å². The van der Waals surface area contributed by atoms with Gasteiger partial charge in [0.05, 0.1) is 18.3 Å². The predicted molar refractivity (Wildman–Crippen MR) is 59.9 cm³/mol. The van der Waals surface area contributed by atoms with E-state index in [-0.39, 0.29) is 6.10 Å². The van der Waals surface area contributed by atoms with Gasteiger partial charge in [-0.1, -0.05) is 0 Å². The molecule has 0 saturated carbocycles. The lowest BCUT2D eigenvalue weighted by Gasteiger charge is -2.32. The van der Waals surface area contributed by atoms with E-state index in [1.165, 1.54) is 25.8 Å². The normalized spacial score (nSPS) is 33.2. The van der Waals surface area contributed by atoms with Crippen molar-refractivity contribution in [3.8, 4) is 0 Å². The van der Waals surface area contributed by atoms with E-state index in [4.69, 9.17) is 9.84 Å². The number of unbranched alkanes of at least 4 members (excludes halogenated alkanes) is 1. The minimum atomic E-state index is -0.133. The van der Waals surface area contributed by atoms with Gasteiger partial charge in [-0.25, -0.2) is 0 Å². The Morgan fingerprint density at radius 3 is 2.53 bits per heavy atom. The zero-order valence-corrected chi connectivity index (χ0v) is 9.69. The number of hydrogen-bond donors (Lipinski definition) is 1. The lowest BCUT2D eigenvalue weighted by Crippen LogP contribution is -2.42. The van der Waals surface area contributed by atoms with Crippen molar-refractivity contribution in [2.45, 2.75) is 57.3 Å². The van der Waals surface area contributed by atoms with Gasteiger partial charge in [-0.3, -0.25) is 4.90 Å². The molecule has 0 spiro atoms. The monoisotopic (exact) mass is 213 g/mol. The second kappa shape index (κ2) is 5.28. The number of hydrogen-bond acceptors (Lipinski definition) is 3. The second-order valence-electron chi connectivity index (χ2n) is 5.06. The van der Waals surface area contributed by atoms with Crippen LogP contribution in [-0.2, 0) is 4.74 Å². The molecule has 2 aliphatic rings. The van der Waals surface area contributed by atoms with Gasteiger partial charge in [-0.15, -0.1) is 0 Å². The summed E-state index contributed by atoms with van der Waals surface area (Å²) >= 11 is 0. The highest BCUT2D eigenvalue weighted by Crippen LogP contribution is 2.26. The van der Waals surface area contributed by atoms with Gasteiger partial charge in [0.15, 0.2) is 0 Å². The van der Waals surface area contributed by atoms with Gasteiger partial charge in [0.25, 0.3) is 0 Å². The minimum Gasteiger partial charge on any atom is -0.393 e. The molecule has 2 bridgehead atoms.